The Morgan fingerprint density at radius 1 is 0.970 bits per heavy atom. The summed E-state index contributed by atoms with van der Waals surface area (Å²) in [7, 11) is -3.65. The van der Waals surface area contributed by atoms with E-state index in [4.69, 9.17) is 9.84 Å². The van der Waals surface area contributed by atoms with Crippen LogP contribution in [0.1, 0.15) is 30.4 Å². The molecular weight excluding hydrogens is 438 g/mol. The van der Waals surface area contributed by atoms with Crippen LogP contribution in [0, 0.1) is 11.8 Å². The molecule has 0 aliphatic carbocycles. The van der Waals surface area contributed by atoms with Gasteiger partial charge in [0.2, 0.25) is 0 Å². The van der Waals surface area contributed by atoms with E-state index in [0.29, 0.717) is 42.9 Å². The fourth-order valence-corrected chi connectivity index (χ4v) is 4.14. The molecule has 0 saturated carbocycles. The van der Waals surface area contributed by atoms with Gasteiger partial charge in [-0.2, -0.15) is 0 Å². The van der Waals surface area contributed by atoms with E-state index in [1.54, 1.807) is 48.5 Å². The van der Waals surface area contributed by atoms with Crippen molar-refractivity contribution in [3.63, 3.8) is 0 Å². The molecule has 7 heteroatoms. The van der Waals surface area contributed by atoms with Gasteiger partial charge in [-0.3, -0.25) is 9.52 Å². The van der Waals surface area contributed by atoms with E-state index < -0.39 is 16.0 Å². The maximum absolute atomic E-state index is 12.5. The number of ether oxygens (including phenoxy) is 1. The lowest BCUT2D eigenvalue weighted by Gasteiger charge is -2.10. The van der Waals surface area contributed by atoms with Crippen molar-refractivity contribution in [2.75, 3.05) is 11.3 Å². The molecule has 33 heavy (non-hydrogen) atoms. The molecule has 3 aromatic rings. The van der Waals surface area contributed by atoms with Crippen LogP contribution in [0.4, 0.5) is 5.69 Å². The highest BCUT2D eigenvalue weighted by atomic mass is 32.2. The van der Waals surface area contributed by atoms with Crippen molar-refractivity contribution >= 4 is 21.7 Å². The highest BCUT2D eigenvalue weighted by Crippen LogP contribution is 2.20. The van der Waals surface area contributed by atoms with Gasteiger partial charge in [-0.15, -0.1) is 0 Å². The fraction of sp³-hybridized carbons (Fsp3) is 0.192. The van der Waals surface area contributed by atoms with E-state index in [9.17, 15) is 13.2 Å². The van der Waals surface area contributed by atoms with Crippen LogP contribution in [0.3, 0.4) is 0 Å². The molecule has 6 nitrogen and oxygen atoms in total. The number of unbranched alkanes of at least 4 members (excludes halogenated alkanes) is 1. The van der Waals surface area contributed by atoms with E-state index in [2.05, 4.69) is 16.6 Å². The quantitative estimate of drug-likeness (QED) is 0.335. The third kappa shape index (κ3) is 7.70. The van der Waals surface area contributed by atoms with Crippen LogP contribution in [0.5, 0.6) is 5.75 Å². The van der Waals surface area contributed by atoms with Gasteiger partial charge in [-0.05, 0) is 54.8 Å². The van der Waals surface area contributed by atoms with Crippen molar-refractivity contribution in [1.29, 1.82) is 0 Å². The van der Waals surface area contributed by atoms with Crippen molar-refractivity contribution in [3.8, 4) is 17.6 Å². The number of hydrogen-bond acceptors (Lipinski definition) is 4. The molecule has 2 N–H and O–H groups in total. The monoisotopic (exact) mass is 463 g/mol. The van der Waals surface area contributed by atoms with Crippen molar-refractivity contribution in [3.05, 3.63) is 90.0 Å². The molecule has 3 aromatic carbocycles. The lowest BCUT2D eigenvalue weighted by atomic mass is 10.1. The first-order chi connectivity index (χ1) is 15.9. The van der Waals surface area contributed by atoms with Crippen molar-refractivity contribution in [2.24, 2.45) is 0 Å². The van der Waals surface area contributed by atoms with Crippen molar-refractivity contribution in [1.82, 2.24) is 0 Å². The first kappa shape index (κ1) is 23.9. The van der Waals surface area contributed by atoms with Gasteiger partial charge in [0.05, 0.1) is 17.2 Å². The van der Waals surface area contributed by atoms with E-state index in [1.165, 1.54) is 0 Å². The summed E-state index contributed by atoms with van der Waals surface area (Å²) in [4.78, 5) is 11.0. The van der Waals surface area contributed by atoms with E-state index in [-0.39, 0.29) is 11.3 Å². The molecule has 0 spiro atoms. The van der Waals surface area contributed by atoms with Crippen LogP contribution in [-0.2, 0) is 21.2 Å². The molecule has 170 valence electrons. The number of rotatable bonds is 10. The highest BCUT2D eigenvalue weighted by Gasteiger charge is 2.13. The average molecular weight is 464 g/mol. The van der Waals surface area contributed by atoms with E-state index in [0.717, 1.165) is 5.56 Å². The molecule has 0 aliphatic heterocycles. The van der Waals surface area contributed by atoms with Crippen molar-refractivity contribution < 1.29 is 23.1 Å². The number of hydrogen-bond donors (Lipinski definition) is 2. The Bertz CT molecular complexity index is 1240. The van der Waals surface area contributed by atoms with Crippen LogP contribution in [0.25, 0.3) is 0 Å². The molecule has 0 amide bonds. The lowest BCUT2D eigenvalue weighted by Crippen LogP contribution is -2.12. The van der Waals surface area contributed by atoms with Gasteiger partial charge < -0.3 is 9.84 Å². The summed E-state index contributed by atoms with van der Waals surface area (Å²) in [6.45, 7) is 0.468. The summed E-state index contributed by atoms with van der Waals surface area (Å²) in [5.74, 6) is 5.99. The van der Waals surface area contributed by atoms with Gasteiger partial charge in [-0.25, -0.2) is 8.42 Å². The Balaban J connectivity index is 1.51. The summed E-state index contributed by atoms with van der Waals surface area (Å²) < 4.78 is 33.3. The normalized spacial score (nSPS) is 10.7. The molecule has 0 unspecified atom stereocenters. The number of sulfonamides is 1. The summed E-state index contributed by atoms with van der Waals surface area (Å²) >= 11 is 0. The van der Waals surface area contributed by atoms with Gasteiger partial charge in [-0.1, -0.05) is 54.3 Å². The summed E-state index contributed by atoms with van der Waals surface area (Å²) in [6, 6.07) is 22.6. The van der Waals surface area contributed by atoms with Crippen LogP contribution in [-0.4, -0.2) is 26.1 Å². The lowest BCUT2D eigenvalue weighted by molar-refractivity contribution is -0.136. The van der Waals surface area contributed by atoms with Gasteiger partial charge >= 0.3 is 5.97 Å². The second-order valence-electron chi connectivity index (χ2n) is 7.25. The van der Waals surface area contributed by atoms with Gasteiger partial charge in [0, 0.05) is 18.4 Å². The highest BCUT2D eigenvalue weighted by molar-refractivity contribution is 7.92. The molecular formula is C26H25NO5S. The number of anilines is 1. The molecule has 0 fully saturated rings. The zero-order chi connectivity index (χ0) is 23.5. The first-order valence-corrected chi connectivity index (χ1v) is 12.0. The first-order valence-electron chi connectivity index (χ1n) is 10.5. The Labute approximate surface area is 194 Å². The Hall–Kier alpha value is -3.76. The predicted octanol–water partition coefficient (Wildman–Crippen LogP) is 4.72. The number of carboxylic acid groups (broad SMARTS) is 1. The largest absolute Gasteiger partial charge is 0.493 e. The number of nitrogens with one attached hydrogen (secondary N) is 1. The molecule has 0 aliphatic rings. The Morgan fingerprint density at radius 2 is 1.73 bits per heavy atom. The van der Waals surface area contributed by atoms with Gasteiger partial charge in [0.25, 0.3) is 10.0 Å². The number of aryl methyl sites for hydroxylation is 1. The molecule has 3 rings (SSSR count). The minimum atomic E-state index is -3.65. The van der Waals surface area contributed by atoms with Crippen LogP contribution >= 0.6 is 0 Å². The van der Waals surface area contributed by atoms with Gasteiger partial charge in [0.1, 0.15) is 5.75 Å². The number of carbonyl (C=O) groups is 1. The molecule has 0 heterocycles. The third-order valence-electron chi connectivity index (χ3n) is 4.69. The Morgan fingerprint density at radius 3 is 2.52 bits per heavy atom. The minimum absolute atomic E-state index is 0.0619. The fourth-order valence-electron chi connectivity index (χ4n) is 3.07. The van der Waals surface area contributed by atoms with E-state index in [1.807, 2.05) is 30.3 Å². The number of benzene rings is 3. The smallest absolute Gasteiger partial charge is 0.303 e. The molecule has 0 saturated heterocycles. The maximum Gasteiger partial charge on any atom is 0.303 e. The summed E-state index contributed by atoms with van der Waals surface area (Å²) in [6.07, 6.45) is 1.81. The third-order valence-corrected chi connectivity index (χ3v) is 6.08. The molecule has 0 atom stereocenters. The summed E-state index contributed by atoms with van der Waals surface area (Å²) in [5.41, 5.74) is 2.04. The number of carboxylic acids is 1. The minimum Gasteiger partial charge on any atom is -0.493 e. The number of aliphatic carboxylic acids is 1. The predicted molar refractivity (Wildman–Crippen MR) is 128 cm³/mol. The standard InChI is InChI=1S/C26H25NO5S/c28-26(29)18-17-22-12-6-7-16-25(22)32-19-8-2-3-10-21-11-9-13-23(20-21)27-33(30,31)24-14-4-1-5-15-24/h1,4-7,9,11-16,20,27H,2,8,17-19H2,(H,28,29). The average Bonchev–Trinajstić information content (AvgIpc) is 2.81. The van der Waals surface area contributed by atoms with Crippen molar-refractivity contribution in [2.45, 2.75) is 30.6 Å². The topological polar surface area (TPSA) is 92.7 Å². The molecule has 0 aromatic heterocycles. The van der Waals surface area contributed by atoms with Gasteiger partial charge in [0.15, 0.2) is 0 Å². The Kier molecular flexibility index (Phi) is 8.50. The zero-order valence-electron chi connectivity index (χ0n) is 18.0. The molecule has 0 radical (unpaired) electrons. The van der Waals surface area contributed by atoms with Crippen LogP contribution in [0.15, 0.2) is 83.8 Å². The molecule has 0 bridgehead atoms. The van der Waals surface area contributed by atoms with Crippen LogP contribution < -0.4 is 9.46 Å². The SMILES string of the molecule is O=C(O)CCc1ccccc1OCCCC#Cc1cccc(NS(=O)(=O)c2ccccc2)c1. The second kappa shape index (κ2) is 11.7. The van der Waals surface area contributed by atoms with Crippen LogP contribution in [0.2, 0.25) is 0 Å². The maximum atomic E-state index is 12.5. The number of para-hydroxylation sites is 1. The van der Waals surface area contributed by atoms with E-state index >= 15 is 0 Å². The summed E-state index contributed by atoms with van der Waals surface area (Å²) in [5, 5.41) is 8.87. The second-order valence-corrected chi connectivity index (χ2v) is 8.94. The zero-order valence-corrected chi connectivity index (χ0v) is 18.8.